The molecule has 0 saturated heterocycles. The highest BCUT2D eigenvalue weighted by atomic mass is 16.4. The van der Waals surface area contributed by atoms with Crippen LogP contribution in [0.2, 0.25) is 0 Å². The zero-order valence-electron chi connectivity index (χ0n) is 15.9. The summed E-state index contributed by atoms with van der Waals surface area (Å²) < 4.78 is 0. The van der Waals surface area contributed by atoms with Crippen LogP contribution in [-0.2, 0) is 10.2 Å². The molecule has 4 bridgehead atoms. The van der Waals surface area contributed by atoms with E-state index in [9.17, 15) is 9.90 Å². The molecule has 28 heavy (non-hydrogen) atoms. The van der Waals surface area contributed by atoms with Crippen molar-refractivity contribution >= 4 is 12.0 Å². The average molecular weight is 373 g/mol. The lowest BCUT2D eigenvalue weighted by atomic mass is 9.48. The molecule has 0 amide bonds. The number of carboxylic acid groups (broad SMARTS) is 1. The molecule has 4 aliphatic rings. The molecular formula is C25H25O3-. The fraction of sp³-hybridized carbons (Fsp3) is 0.400. The van der Waals surface area contributed by atoms with Gasteiger partial charge in [0, 0.05) is 6.08 Å². The minimum absolute atomic E-state index is 0.0860. The van der Waals surface area contributed by atoms with Gasteiger partial charge in [-0.05, 0) is 96.1 Å². The first kappa shape index (κ1) is 17.5. The predicted octanol–water partition coefficient (Wildman–Crippen LogP) is 4.99. The van der Waals surface area contributed by atoms with E-state index < -0.39 is 5.97 Å². The van der Waals surface area contributed by atoms with Gasteiger partial charge in [-0.1, -0.05) is 36.4 Å². The lowest BCUT2D eigenvalue weighted by Gasteiger charge is -2.58. The largest absolute Gasteiger partial charge is 0.872 e. The summed E-state index contributed by atoms with van der Waals surface area (Å²) in [4.78, 5) is 10.8. The van der Waals surface area contributed by atoms with Crippen molar-refractivity contribution in [1.29, 1.82) is 0 Å². The van der Waals surface area contributed by atoms with Crippen molar-refractivity contribution in [3.05, 3.63) is 59.7 Å². The Balaban J connectivity index is 1.52. The number of benzene rings is 2. The monoisotopic (exact) mass is 373 g/mol. The van der Waals surface area contributed by atoms with Crippen molar-refractivity contribution in [1.82, 2.24) is 0 Å². The second-order valence-electron chi connectivity index (χ2n) is 9.21. The van der Waals surface area contributed by atoms with Crippen molar-refractivity contribution < 1.29 is 15.0 Å². The van der Waals surface area contributed by atoms with Crippen LogP contribution >= 0.6 is 0 Å². The van der Waals surface area contributed by atoms with Gasteiger partial charge in [-0.15, -0.1) is 5.75 Å². The van der Waals surface area contributed by atoms with Crippen LogP contribution in [0.1, 0.15) is 49.7 Å². The van der Waals surface area contributed by atoms with Crippen LogP contribution in [0.3, 0.4) is 0 Å². The smallest absolute Gasteiger partial charge is 0.328 e. The Morgan fingerprint density at radius 1 is 0.964 bits per heavy atom. The fourth-order valence-electron chi connectivity index (χ4n) is 6.55. The van der Waals surface area contributed by atoms with E-state index in [0.717, 1.165) is 46.1 Å². The van der Waals surface area contributed by atoms with Crippen molar-refractivity contribution in [3.8, 4) is 16.9 Å². The van der Waals surface area contributed by atoms with Gasteiger partial charge < -0.3 is 10.2 Å². The Kier molecular flexibility index (Phi) is 4.08. The molecule has 2 aromatic rings. The van der Waals surface area contributed by atoms with E-state index in [1.165, 1.54) is 38.5 Å². The maximum absolute atomic E-state index is 12.9. The molecule has 0 atom stereocenters. The van der Waals surface area contributed by atoms with E-state index in [2.05, 4.69) is 6.07 Å². The van der Waals surface area contributed by atoms with Gasteiger partial charge in [0.1, 0.15) is 0 Å². The normalized spacial score (nSPS) is 30.8. The van der Waals surface area contributed by atoms with Crippen molar-refractivity contribution in [2.75, 3.05) is 0 Å². The molecule has 4 fully saturated rings. The third-order valence-electron chi connectivity index (χ3n) is 7.23. The lowest BCUT2D eigenvalue weighted by Crippen LogP contribution is -2.48. The summed E-state index contributed by atoms with van der Waals surface area (Å²) in [7, 11) is 0. The van der Waals surface area contributed by atoms with Crippen LogP contribution in [0.5, 0.6) is 5.75 Å². The summed E-state index contributed by atoms with van der Waals surface area (Å²) in [6.07, 6.45) is 10.4. The highest BCUT2D eigenvalue weighted by Crippen LogP contribution is 2.61. The van der Waals surface area contributed by atoms with Crippen LogP contribution in [0.25, 0.3) is 17.2 Å². The molecule has 0 unspecified atom stereocenters. The van der Waals surface area contributed by atoms with Gasteiger partial charge in [0.2, 0.25) is 0 Å². The highest BCUT2D eigenvalue weighted by Gasteiger charge is 2.51. The summed E-state index contributed by atoms with van der Waals surface area (Å²) in [5, 5.41) is 21.7. The van der Waals surface area contributed by atoms with E-state index in [-0.39, 0.29) is 11.2 Å². The third-order valence-corrected chi connectivity index (χ3v) is 7.23. The molecule has 0 aromatic heterocycles. The summed E-state index contributed by atoms with van der Waals surface area (Å²) in [5.74, 6) is 1.65. The molecule has 0 radical (unpaired) electrons. The molecule has 3 nitrogen and oxygen atoms in total. The molecular weight excluding hydrogens is 348 g/mol. The zero-order chi connectivity index (χ0) is 19.3. The first-order chi connectivity index (χ1) is 13.5. The van der Waals surface area contributed by atoms with Crippen molar-refractivity contribution in [2.45, 2.75) is 43.9 Å². The van der Waals surface area contributed by atoms with Gasteiger partial charge in [0.25, 0.3) is 0 Å². The molecule has 6 rings (SSSR count). The molecule has 0 heterocycles. The van der Waals surface area contributed by atoms with Gasteiger partial charge in [0.05, 0.1) is 0 Å². The average Bonchev–Trinajstić information content (AvgIpc) is 2.66. The van der Waals surface area contributed by atoms with E-state index >= 15 is 0 Å². The van der Waals surface area contributed by atoms with Gasteiger partial charge in [0.15, 0.2) is 0 Å². The van der Waals surface area contributed by atoms with E-state index in [4.69, 9.17) is 5.11 Å². The number of carbonyl (C=O) groups is 1. The standard InChI is InChI=1S/C25H26O3/c26-23-6-5-21(20-3-1-2-16(11-20)4-7-24(27)28)12-22(23)25-13-17-8-18(14-25)10-19(9-17)15-25/h1-7,11-12,17-19,26H,8-10,13-15H2,(H,27,28)/p-1/b7-4+. The molecule has 0 spiro atoms. The molecule has 4 saturated carbocycles. The number of rotatable bonds is 4. The maximum Gasteiger partial charge on any atom is 0.328 e. The van der Waals surface area contributed by atoms with Crippen LogP contribution in [0.15, 0.2) is 48.5 Å². The van der Waals surface area contributed by atoms with Gasteiger partial charge in [-0.25, -0.2) is 4.79 Å². The molecule has 2 aromatic carbocycles. The maximum atomic E-state index is 12.9. The van der Waals surface area contributed by atoms with Crippen LogP contribution in [0, 0.1) is 17.8 Å². The third kappa shape index (κ3) is 3.03. The number of hydrogen-bond acceptors (Lipinski definition) is 2. The molecule has 144 valence electrons. The summed E-state index contributed by atoms with van der Waals surface area (Å²) >= 11 is 0. The van der Waals surface area contributed by atoms with Crippen molar-refractivity contribution in [3.63, 3.8) is 0 Å². The van der Waals surface area contributed by atoms with Gasteiger partial charge in [-0.2, -0.15) is 0 Å². The van der Waals surface area contributed by atoms with Crippen LogP contribution < -0.4 is 5.11 Å². The minimum atomic E-state index is -0.954. The Morgan fingerprint density at radius 2 is 1.61 bits per heavy atom. The van der Waals surface area contributed by atoms with Gasteiger partial charge in [-0.3, -0.25) is 0 Å². The van der Waals surface area contributed by atoms with E-state index in [1.807, 2.05) is 30.3 Å². The van der Waals surface area contributed by atoms with Gasteiger partial charge >= 0.3 is 5.97 Å². The second kappa shape index (κ2) is 6.51. The summed E-state index contributed by atoms with van der Waals surface area (Å²) in [5.41, 5.74) is 4.04. The summed E-state index contributed by atoms with van der Waals surface area (Å²) in [6.45, 7) is 0. The molecule has 1 N–H and O–H groups in total. The first-order valence-electron chi connectivity index (χ1n) is 10.3. The SMILES string of the molecule is O=C(O)/C=C/c1cccc(-c2ccc([O-])c(C34CC5CC(CC(C5)C3)C4)c2)c1. The Morgan fingerprint density at radius 3 is 2.25 bits per heavy atom. The fourth-order valence-corrected chi connectivity index (χ4v) is 6.55. The quantitative estimate of drug-likeness (QED) is 0.768. The van der Waals surface area contributed by atoms with Crippen molar-refractivity contribution in [2.24, 2.45) is 17.8 Å². The minimum Gasteiger partial charge on any atom is -0.872 e. The summed E-state index contributed by atoms with van der Waals surface area (Å²) in [6, 6.07) is 13.6. The Labute approximate surface area is 165 Å². The Hall–Kier alpha value is -2.55. The zero-order valence-corrected chi connectivity index (χ0v) is 15.9. The number of carboxylic acids is 1. The second-order valence-corrected chi connectivity index (χ2v) is 9.21. The highest BCUT2D eigenvalue weighted by molar-refractivity contribution is 5.85. The number of aliphatic carboxylic acids is 1. The molecule has 0 aliphatic heterocycles. The van der Waals surface area contributed by atoms with E-state index in [0.29, 0.717) is 0 Å². The Bertz CT molecular complexity index is 921. The predicted molar refractivity (Wildman–Crippen MR) is 108 cm³/mol. The topological polar surface area (TPSA) is 60.4 Å². The number of hydrogen-bond donors (Lipinski definition) is 1. The van der Waals surface area contributed by atoms with Crippen LogP contribution in [0.4, 0.5) is 0 Å². The lowest BCUT2D eigenvalue weighted by molar-refractivity contribution is -0.271. The molecule has 3 heteroatoms. The van der Waals surface area contributed by atoms with E-state index in [1.54, 1.807) is 12.1 Å². The first-order valence-corrected chi connectivity index (χ1v) is 10.3. The van der Waals surface area contributed by atoms with Crippen LogP contribution in [-0.4, -0.2) is 11.1 Å². The molecule has 4 aliphatic carbocycles.